The molecule has 3 aliphatic heterocycles. The molecule has 0 aromatic heterocycles. The minimum Gasteiger partial charge on any atom is -0.486 e. The van der Waals surface area contributed by atoms with Gasteiger partial charge in [-0.2, -0.15) is 4.31 Å². The van der Waals surface area contributed by atoms with E-state index >= 15 is 0 Å². The van der Waals surface area contributed by atoms with Crippen LogP contribution in [0.4, 0.5) is 11.4 Å². The van der Waals surface area contributed by atoms with E-state index in [0.717, 1.165) is 19.3 Å². The molecule has 186 valence electrons. The minimum absolute atomic E-state index is 0.182. The fraction of sp³-hybridized carbons (Fsp3) is 0.440. The predicted molar refractivity (Wildman–Crippen MR) is 130 cm³/mol. The summed E-state index contributed by atoms with van der Waals surface area (Å²) in [6.07, 6.45) is 2.72. The Morgan fingerprint density at radius 1 is 1.00 bits per heavy atom. The molecule has 2 aromatic carbocycles. The van der Waals surface area contributed by atoms with Gasteiger partial charge in [0.15, 0.2) is 11.5 Å². The van der Waals surface area contributed by atoms with Gasteiger partial charge in [0.1, 0.15) is 19.8 Å². The maximum atomic E-state index is 13.3. The zero-order valence-electron chi connectivity index (χ0n) is 19.9. The van der Waals surface area contributed by atoms with Crippen LogP contribution in [0.5, 0.6) is 11.5 Å². The molecule has 3 heterocycles. The number of piperidine rings is 1. The molecule has 5 rings (SSSR count). The number of ether oxygens (including phenoxy) is 2. The Morgan fingerprint density at radius 3 is 2.46 bits per heavy atom. The highest BCUT2D eigenvalue weighted by Gasteiger charge is 2.45. The summed E-state index contributed by atoms with van der Waals surface area (Å²) in [6.45, 7) is 5.25. The Kier molecular flexibility index (Phi) is 5.96. The van der Waals surface area contributed by atoms with E-state index in [0.29, 0.717) is 54.7 Å². The van der Waals surface area contributed by atoms with Gasteiger partial charge in [-0.3, -0.25) is 9.59 Å². The van der Waals surface area contributed by atoms with Crippen molar-refractivity contribution in [2.75, 3.05) is 43.1 Å². The van der Waals surface area contributed by atoms with Crippen LogP contribution in [0.2, 0.25) is 0 Å². The first-order valence-electron chi connectivity index (χ1n) is 11.8. The normalized spacial score (nSPS) is 19.4. The van der Waals surface area contributed by atoms with Gasteiger partial charge in [-0.15, -0.1) is 0 Å². The van der Waals surface area contributed by atoms with Crippen LogP contribution >= 0.6 is 0 Å². The summed E-state index contributed by atoms with van der Waals surface area (Å²) in [6, 6.07) is 9.89. The number of amides is 2. The van der Waals surface area contributed by atoms with Gasteiger partial charge in [0.05, 0.1) is 10.3 Å². The molecule has 0 saturated carbocycles. The second kappa shape index (κ2) is 8.83. The molecule has 35 heavy (non-hydrogen) atoms. The third kappa shape index (κ3) is 4.25. The molecule has 2 aromatic rings. The van der Waals surface area contributed by atoms with Gasteiger partial charge in [0.25, 0.3) is 0 Å². The lowest BCUT2D eigenvalue weighted by atomic mass is 9.86. The third-order valence-electron chi connectivity index (χ3n) is 6.79. The van der Waals surface area contributed by atoms with Gasteiger partial charge in [-0.25, -0.2) is 8.42 Å². The van der Waals surface area contributed by atoms with Crippen molar-refractivity contribution in [3.8, 4) is 11.5 Å². The maximum Gasteiger partial charge on any atom is 0.244 e. The molecule has 0 unspecified atom stereocenters. The van der Waals surface area contributed by atoms with E-state index in [4.69, 9.17) is 9.47 Å². The molecule has 1 saturated heterocycles. The van der Waals surface area contributed by atoms with Crippen molar-refractivity contribution in [2.45, 2.75) is 43.4 Å². The summed E-state index contributed by atoms with van der Waals surface area (Å²) in [5.41, 5.74) is 0.732. The molecule has 10 heteroatoms. The monoisotopic (exact) mass is 499 g/mol. The molecular formula is C25H29N3O6S. The van der Waals surface area contributed by atoms with E-state index in [1.165, 1.54) is 15.3 Å². The van der Waals surface area contributed by atoms with Crippen molar-refractivity contribution in [2.24, 2.45) is 0 Å². The summed E-state index contributed by atoms with van der Waals surface area (Å²) in [7, 11) is -3.64. The molecular weight excluding hydrogens is 470 g/mol. The van der Waals surface area contributed by atoms with Crippen molar-refractivity contribution in [1.82, 2.24) is 4.31 Å². The van der Waals surface area contributed by atoms with E-state index in [-0.39, 0.29) is 23.3 Å². The highest BCUT2D eigenvalue weighted by molar-refractivity contribution is 7.89. The number of nitrogens with zero attached hydrogens (tertiary/aromatic N) is 2. The van der Waals surface area contributed by atoms with Gasteiger partial charge in [0, 0.05) is 30.5 Å². The van der Waals surface area contributed by atoms with Crippen LogP contribution in [0, 0.1) is 0 Å². The van der Waals surface area contributed by atoms with Gasteiger partial charge in [-0.1, -0.05) is 6.42 Å². The number of hydrogen-bond acceptors (Lipinski definition) is 6. The van der Waals surface area contributed by atoms with E-state index in [9.17, 15) is 18.0 Å². The molecule has 0 radical (unpaired) electrons. The average molecular weight is 500 g/mol. The smallest absolute Gasteiger partial charge is 0.244 e. The number of hydrogen-bond donors (Lipinski definition) is 1. The Morgan fingerprint density at radius 2 is 1.71 bits per heavy atom. The van der Waals surface area contributed by atoms with E-state index in [2.05, 4.69) is 5.32 Å². The topological polar surface area (TPSA) is 105 Å². The van der Waals surface area contributed by atoms with Gasteiger partial charge in [0.2, 0.25) is 21.8 Å². The van der Waals surface area contributed by atoms with Crippen LogP contribution in [-0.2, 0) is 25.0 Å². The summed E-state index contributed by atoms with van der Waals surface area (Å²) in [5, 5.41) is 2.81. The van der Waals surface area contributed by atoms with Crippen molar-refractivity contribution >= 4 is 33.2 Å². The number of carbonyl (C=O) groups is 2. The first kappa shape index (κ1) is 23.6. The number of sulfonamides is 1. The number of anilines is 2. The van der Waals surface area contributed by atoms with Crippen molar-refractivity contribution < 1.29 is 27.5 Å². The molecule has 0 atom stereocenters. The molecule has 2 amide bonds. The number of nitrogens with one attached hydrogen (secondary N) is 1. The minimum atomic E-state index is -3.64. The van der Waals surface area contributed by atoms with Gasteiger partial charge in [-0.05, 0) is 62.6 Å². The highest BCUT2D eigenvalue weighted by atomic mass is 32.2. The number of rotatable bonds is 5. The Labute approximate surface area is 205 Å². The summed E-state index contributed by atoms with van der Waals surface area (Å²) < 4.78 is 39.0. The van der Waals surface area contributed by atoms with Gasteiger partial charge >= 0.3 is 0 Å². The largest absolute Gasteiger partial charge is 0.486 e. The molecule has 1 fully saturated rings. The Bertz CT molecular complexity index is 1280. The van der Waals surface area contributed by atoms with Crippen LogP contribution in [-0.4, -0.2) is 57.4 Å². The van der Waals surface area contributed by atoms with Crippen LogP contribution in [0.1, 0.15) is 38.7 Å². The molecule has 9 nitrogen and oxygen atoms in total. The predicted octanol–water partition coefficient (Wildman–Crippen LogP) is 2.90. The second-order valence-corrected chi connectivity index (χ2v) is 11.5. The average Bonchev–Trinajstić information content (AvgIpc) is 3.04. The van der Waals surface area contributed by atoms with E-state index < -0.39 is 15.4 Å². The third-order valence-corrected chi connectivity index (χ3v) is 8.69. The lowest BCUT2D eigenvalue weighted by molar-refractivity contribution is -0.124. The van der Waals surface area contributed by atoms with Crippen molar-refractivity contribution in [3.63, 3.8) is 0 Å². The van der Waals surface area contributed by atoms with E-state index in [1.807, 2.05) is 0 Å². The maximum absolute atomic E-state index is 13.3. The highest BCUT2D eigenvalue weighted by Crippen LogP contribution is 2.43. The zero-order chi connectivity index (χ0) is 24.8. The van der Waals surface area contributed by atoms with Crippen LogP contribution in [0.15, 0.2) is 41.3 Å². The van der Waals surface area contributed by atoms with Crippen molar-refractivity contribution in [3.05, 3.63) is 42.0 Å². The number of fused-ring (bicyclic) bond motifs is 2. The summed E-state index contributed by atoms with van der Waals surface area (Å²) in [5.74, 6) is 0.552. The second-order valence-electron chi connectivity index (χ2n) is 9.57. The zero-order valence-corrected chi connectivity index (χ0v) is 20.7. The molecule has 0 bridgehead atoms. The van der Waals surface area contributed by atoms with Crippen LogP contribution in [0.3, 0.4) is 0 Å². The fourth-order valence-corrected chi connectivity index (χ4v) is 6.39. The number of benzene rings is 2. The quantitative estimate of drug-likeness (QED) is 0.678. The first-order valence-corrected chi connectivity index (χ1v) is 13.3. The summed E-state index contributed by atoms with van der Waals surface area (Å²) in [4.78, 5) is 27.7. The fourth-order valence-electron chi connectivity index (χ4n) is 4.85. The van der Waals surface area contributed by atoms with E-state index in [1.54, 1.807) is 44.2 Å². The summed E-state index contributed by atoms with van der Waals surface area (Å²) >= 11 is 0. The van der Waals surface area contributed by atoms with Gasteiger partial charge < -0.3 is 19.7 Å². The molecule has 0 aliphatic carbocycles. The molecule has 1 N–H and O–H groups in total. The number of carbonyl (C=O) groups excluding carboxylic acids is 2. The van der Waals surface area contributed by atoms with Crippen molar-refractivity contribution in [1.29, 1.82) is 0 Å². The SMILES string of the molecule is CC1(C)C(=O)N(CC(=O)Nc2ccc3c(c2)OCCO3)c2ccc(S(=O)(=O)N3CCCCC3)cc21. The Hall–Kier alpha value is -3.11. The van der Waals surface area contributed by atoms with Crippen LogP contribution in [0.25, 0.3) is 0 Å². The molecule has 0 spiro atoms. The lowest BCUT2D eigenvalue weighted by Gasteiger charge is -2.26. The lowest BCUT2D eigenvalue weighted by Crippen LogP contribution is -2.40. The molecule has 3 aliphatic rings. The van der Waals surface area contributed by atoms with Crippen LogP contribution < -0.4 is 19.7 Å². The standard InChI is InChI=1S/C25H29N3O6S/c1-25(2)19-15-18(35(31,32)27-10-4-3-5-11-27)7-8-20(19)28(24(25)30)16-23(29)26-17-6-9-21-22(14-17)34-13-12-33-21/h6-9,14-15H,3-5,10-13,16H2,1-2H3,(H,26,29). The Balaban J connectivity index is 1.37. The first-order chi connectivity index (χ1) is 16.7.